The first kappa shape index (κ1) is 13.7. The average Bonchev–Trinajstić information content (AvgIpc) is 2.18. The van der Waals surface area contributed by atoms with E-state index in [0.29, 0.717) is 5.75 Å². The van der Waals surface area contributed by atoms with Crippen LogP contribution in [-0.2, 0) is 15.8 Å². The van der Waals surface area contributed by atoms with E-state index in [1.807, 2.05) is 0 Å². The average molecular weight is 257 g/mol. The van der Waals surface area contributed by atoms with Gasteiger partial charge in [0.25, 0.3) is 0 Å². The van der Waals surface area contributed by atoms with Crippen molar-refractivity contribution in [3.05, 3.63) is 29.8 Å². The highest BCUT2D eigenvalue weighted by Gasteiger charge is 2.13. The molecule has 1 atom stereocenters. The number of aliphatic carboxylic acids is 1. The van der Waals surface area contributed by atoms with Crippen LogP contribution in [0.15, 0.2) is 24.3 Å². The lowest BCUT2D eigenvalue weighted by atomic mass is 10.1. The molecule has 0 amide bonds. The molecule has 0 bridgehead atoms. The molecule has 0 saturated carbocycles. The van der Waals surface area contributed by atoms with E-state index >= 15 is 0 Å². The summed E-state index contributed by atoms with van der Waals surface area (Å²) in [5, 5.41) is 8.66. The van der Waals surface area contributed by atoms with Crippen LogP contribution < -0.4 is 10.3 Å². The summed E-state index contributed by atoms with van der Waals surface area (Å²) in [5.41, 5.74) is 6.21. The van der Waals surface area contributed by atoms with E-state index in [4.69, 9.17) is 15.4 Å². The van der Waals surface area contributed by atoms with E-state index in [2.05, 4.69) is 0 Å². The number of nitrogens with two attached hydrogens (primary N) is 1. The molecule has 17 heavy (non-hydrogen) atoms. The Bertz CT molecular complexity index is 437. The Morgan fingerprint density at radius 2 is 1.94 bits per heavy atom. The van der Waals surface area contributed by atoms with E-state index in [0.717, 1.165) is 5.56 Å². The Hall–Kier alpha value is -1.32. The number of carboxylic acid groups (broad SMARTS) is 1. The van der Waals surface area contributed by atoms with Crippen molar-refractivity contribution in [1.29, 1.82) is 0 Å². The third-order valence-corrected chi connectivity index (χ3v) is 2.67. The fraction of sp³-hybridized carbons (Fsp3) is 0.364. The van der Waals surface area contributed by atoms with Crippen molar-refractivity contribution < 1.29 is 19.0 Å². The monoisotopic (exact) mass is 257 g/mol. The van der Waals surface area contributed by atoms with E-state index in [9.17, 15) is 9.36 Å². The van der Waals surface area contributed by atoms with E-state index in [1.54, 1.807) is 24.3 Å². The summed E-state index contributed by atoms with van der Waals surface area (Å²) >= 11 is 0. The zero-order chi connectivity index (χ0) is 13.1. The molecule has 0 radical (unpaired) electrons. The third kappa shape index (κ3) is 5.02. The molecule has 0 spiro atoms. The van der Waals surface area contributed by atoms with Crippen molar-refractivity contribution in [2.75, 3.05) is 13.3 Å². The number of hydrogen-bond acceptors (Lipinski definition) is 4. The molecular weight excluding hydrogens is 241 g/mol. The minimum absolute atomic E-state index is 0.255. The topological polar surface area (TPSA) is 89.6 Å². The summed E-state index contributed by atoms with van der Waals surface area (Å²) in [6.07, 6.45) is 0.255. The van der Waals surface area contributed by atoms with Gasteiger partial charge in [-0.25, -0.2) is 0 Å². The van der Waals surface area contributed by atoms with Gasteiger partial charge < -0.3 is 15.4 Å². The molecule has 0 heterocycles. The van der Waals surface area contributed by atoms with Gasteiger partial charge in [-0.3, -0.25) is 9.36 Å². The molecule has 0 unspecified atom stereocenters. The van der Waals surface area contributed by atoms with Gasteiger partial charge in [0.1, 0.15) is 11.8 Å². The SMILES string of the molecule is CP(C)(=O)Oc1ccc(C[C@H](N)C(=O)O)cc1. The van der Waals surface area contributed by atoms with Gasteiger partial charge in [-0.2, -0.15) is 0 Å². The molecule has 1 aromatic rings. The number of hydrogen-bond donors (Lipinski definition) is 2. The molecule has 1 aromatic carbocycles. The summed E-state index contributed by atoms with van der Waals surface area (Å²) in [6.45, 7) is 3.06. The van der Waals surface area contributed by atoms with Crippen LogP contribution in [0.1, 0.15) is 5.56 Å². The van der Waals surface area contributed by atoms with Gasteiger partial charge in [0.05, 0.1) is 0 Å². The van der Waals surface area contributed by atoms with Gasteiger partial charge in [0.15, 0.2) is 0 Å². The molecule has 5 nitrogen and oxygen atoms in total. The summed E-state index contributed by atoms with van der Waals surface area (Å²) in [5.74, 6) is -0.525. The maximum atomic E-state index is 11.4. The lowest BCUT2D eigenvalue weighted by Crippen LogP contribution is -2.32. The second kappa shape index (κ2) is 5.34. The Kier molecular flexibility index (Phi) is 4.32. The van der Waals surface area contributed by atoms with Gasteiger partial charge >= 0.3 is 5.97 Å². The highest BCUT2D eigenvalue weighted by Crippen LogP contribution is 2.38. The summed E-state index contributed by atoms with van der Waals surface area (Å²) in [4.78, 5) is 10.6. The normalized spacial score (nSPS) is 13.1. The number of benzene rings is 1. The molecule has 94 valence electrons. The van der Waals surface area contributed by atoms with Gasteiger partial charge in [-0.1, -0.05) is 12.1 Å². The zero-order valence-corrected chi connectivity index (χ0v) is 10.7. The fourth-order valence-corrected chi connectivity index (χ4v) is 1.91. The number of carboxylic acids is 1. The van der Waals surface area contributed by atoms with Crippen LogP contribution in [0, 0.1) is 0 Å². The second-order valence-corrected chi connectivity index (χ2v) is 6.82. The summed E-state index contributed by atoms with van der Waals surface area (Å²) in [6, 6.07) is 5.83. The van der Waals surface area contributed by atoms with Crippen molar-refractivity contribution in [3.8, 4) is 5.75 Å². The molecule has 6 heteroatoms. The molecule has 0 fully saturated rings. The maximum absolute atomic E-state index is 11.4. The van der Waals surface area contributed by atoms with Gasteiger partial charge in [0, 0.05) is 13.3 Å². The van der Waals surface area contributed by atoms with Gasteiger partial charge in [0.2, 0.25) is 7.37 Å². The molecule has 0 aromatic heterocycles. The highest BCUT2D eigenvalue weighted by molar-refractivity contribution is 7.57. The van der Waals surface area contributed by atoms with Crippen LogP contribution in [-0.4, -0.2) is 30.4 Å². The van der Waals surface area contributed by atoms with E-state index in [-0.39, 0.29) is 6.42 Å². The Labute approximate surface area is 100 Å². The zero-order valence-electron chi connectivity index (χ0n) is 9.79. The molecule has 0 aliphatic rings. The van der Waals surface area contributed by atoms with E-state index < -0.39 is 19.4 Å². The largest absolute Gasteiger partial charge is 0.480 e. The Balaban J connectivity index is 2.68. The third-order valence-electron chi connectivity index (χ3n) is 2.02. The highest BCUT2D eigenvalue weighted by atomic mass is 31.2. The Morgan fingerprint density at radius 3 is 2.35 bits per heavy atom. The first-order chi connectivity index (χ1) is 7.78. The first-order valence-electron chi connectivity index (χ1n) is 5.10. The van der Waals surface area contributed by atoms with Crippen LogP contribution in [0.5, 0.6) is 5.75 Å². The first-order valence-corrected chi connectivity index (χ1v) is 7.62. The molecular formula is C11H16NO4P. The van der Waals surface area contributed by atoms with Crippen LogP contribution in [0.4, 0.5) is 0 Å². The maximum Gasteiger partial charge on any atom is 0.320 e. The number of carbonyl (C=O) groups is 1. The molecule has 0 aliphatic carbocycles. The fourth-order valence-electron chi connectivity index (χ4n) is 1.28. The quantitative estimate of drug-likeness (QED) is 0.781. The van der Waals surface area contributed by atoms with Crippen molar-refractivity contribution in [2.45, 2.75) is 12.5 Å². The van der Waals surface area contributed by atoms with Crippen LogP contribution in [0.3, 0.4) is 0 Å². The van der Waals surface area contributed by atoms with Crippen LogP contribution in [0.2, 0.25) is 0 Å². The van der Waals surface area contributed by atoms with Crippen molar-refractivity contribution in [2.24, 2.45) is 5.73 Å². The smallest absolute Gasteiger partial charge is 0.320 e. The van der Waals surface area contributed by atoms with Crippen molar-refractivity contribution in [1.82, 2.24) is 0 Å². The molecule has 0 aliphatic heterocycles. The van der Waals surface area contributed by atoms with Crippen LogP contribution in [0.25, 0.3) is 0 Å². The molecule has 1 rings (SSSR count). The van der Waals surface area contributed by atoms with Crippen molar-refractivity contribution >= 4 is 13.3 Å². The second-order valence-electron chi connectivity index (χ2n) is 4.14. The molecule has 3 N–H and O–H groups in total. The molecule has 0 saturated heterocycles. The predicted octanol–water partition coefficient (Wildman–Crippen LogP) is 1.56. The Morgan fingerprint density at radius 1 is 1.41 bits per heavy atom. The standard InChI is InChI=1S/C11H16NO4P/c1-17(2,15)16-9-5-3-8(4-6-9)7-10(12)11(13)14/h3-6,10H,7,12H2,1-2H3,(H,13,14)/t10-/m0/s1. The van der Waals surface area contributed by atoms with Gasteiger partial charge in [-0.05, 0) is 24.1 Å². The van der Waals surface area contributed by atoms with Crippen molar-refractivity contribution in [3.63, 3.8) is 0 Å². The minimum atomic E-state index is -2.56. The minimum Gasteiger partial charge on any atom is -0.480 e. The number of rotatable bonds is 5. The van der Waals surface area contributed by atoms with Gasteiger partial charge in [-0.15, -0.1) is 0 Å². The summed E-state index contributed by atoms with van der Waals surface area (Å²) < 4.78 is 16.6. The lowest BCUT2D eigenvalue weighted by molar-refractivity contribution is -0.138. The predicted molar refractivity (Wildman–Crippen MR) is 65.8 cm³/mol. The van der Waals surface area contributed by atoms with E-state index in [1.165, 1.54) is 13.3 Å². The van der Waals surface area contributed by atoms with Crippen LogP contribution >= 0.6 is 7.37 Å². The lowest BCUT2D eigenvalue weighted by Gasteiger charge is -2.11. The summed E-state index contributed by atoms with van der Waals surface area (Å²) in [7, 11) is -2.56.